The highest BCUT2D eigenvalue weighted by Gasteiger charge is 2.32. The molecule has 1 atom stereocenters. The van der Waals surface area contributed by atoms with Gasteiger partial charge in [-0.3, -0.25) is 9.36 Å². The number of nitrogens with zero attached hydrogens (tertiary/aromatic N) is 2. The average molecular weight is 408 g/mol. The van der Waals surface area contributed by atoms with Gasteiger partial charge < -0.3 is 4.74 Å². The van der Waals surface area contributed by atoms with E-state index in [4.69, 9.17) is 4.74 Å². The SMILES string of the molecule is COC(=O)C1=C(C)N=c2s/c(=C/c3ccc(F)cc3)c(=O)n2[C@H]1c1ccccc1. The van der Waals surface area contributed by atoms with Crippen LogP contribution in [-0.2, 0) is 9.53 Å². The Balaban J connectivity index is 1.97. The van der Waals surface area contributed by atoms with E-state index >= 15 is 0 Å². The van der Waals surface area contributed by atoms with Crippen LogP contribution in [0.5, 0.6) is 0 Å². The Kier molecular flexibility index (Phi) is 4.98. The number of aromatic nitrogens is 1. The first kappa shape index (κ1) is 19.0. The van der Waals surface area contributed by atoms with Crippen LogP contribution in [0.4, 0.5) is 4.39 Å². The van der Waals surface area contributed by atoms with Crippen molar-refractivity contribution in [3.05, 3.63) is 102 Å². The zero-order chi connectivity index (χ0) is 20.5. The minimum Gasteiger partial charge on any atom is -0.466 e. The van der Waals surface area contributed by atoms with Crippen LogP contribution in [0.3, 0.4) is 0 Å². The smallest absolute Gasteiger partial charge is 0.338 e. The van der Waals surface area contributed by atoms with Gasteiger partial charge in [-0.1, -0.05) is 53.8 Å². The van der Waals surface area contributed by atoms with Crippen molar-refractivity contribution in [1.29, 1.82) is 0 Å². The van der Waals surface area contributed by atoms with Crippen LogP contribution in [0, 0.1) is 5.82 Å². The normalized spacial score (nSPS) is 16.4. The number of allylic oxidation sites excluding steroid dienone is 1. The molecule has 146 valence electrons. The quantitative estimate of drug-likeness (QED) is 0.626. The molecule has 5 nitrogen and oxygen atoms in total. The van der Waals surface area contributed by atoms with Crippen LogP contribution in [0.2, 0.25) is 0 Å². The van der Waals surface area contributed by atoms with Gasteiger partial charge in [0.25, 0.3) is 5.56 Å². The number of halogens is 1. The lowest BCUT2D eigenvalue weighted by Crippen LogP contribution is -2.39. The van der Waals surface area contributed by atoms with Gasteiger partial charge in [0.1, 0.15) is 5.82 Å². The Bertz CT molecular complexity index is 1290. The van der Waals surface area contributed by atoms with Crippen molar-refractivity contribution in [1.82, 2.24) is 4.57 Å². The van der Waals surface area contributed by atoms with E-state index in [-0.39, 0.29) is 11.4 Å². The molecule has 1 aromatic heterocycles. The van der Waals surface area contributed by atoms with E-state index in [1.54, 1.807) is 25.1 Å². The van der Waals surface area contributed by atoms with Crippen LogP contribution in [0.25, 0.3) is 6.08 Å². The fourth-order valence-electron chi connectivity index (χ4n) is 3.35. The van der Waals surface area contributed by atoms with E-state index < -0.39 is 12.0 Å². The average Bonchev–Trinajstić information content (AvgIpc) is 3.03. The second-order valence-corrected chi connectivity index (χ2v) is 7.54. The van der Waals surface area contributed by atoms with Gasteiger partial charge in [-0.15, -0.1) is 0 Å². The topological polar surface area (TPSA) is 60.7 Å². The number of fused-ring (bicyclic) bond motifs is 1. The zero-order valence-electron chi connectivity index (χ0n) is 15.8. The molecule has 2 aromatic carbocycles. The number of rotatable bonds is 3. The summed E-state index contributed by atoms with van der Waals surface area (Å²) in [6.45, 7) is 1.74. The maximum atomic E-state index is 13.3. The molecule has 4 rings (SSSR count). The lowest BCUT2D eigenvalue weighted by atomic mass is 9.96. The molecule has 0 bridgehead atoms. The van der Waals surface area contributed by atoms with Gasteiger partial charge >= 0.3 is 5.97 Å². The Morgan fingerprint density at radius 1 is 1.17 bits per heavy atom. The summed E-state index contributed by atoms with van der Waals surface area (Å²) in [5.74, 6) is -0.862. The maximum absolute atomic E-state index is 13.3. The second kappa shape index (κ2) is 7.60. The molecule has 7 heteroatoms. The molecule has 0 spiro atoms. The molecular formula is C22H17FN2O3S. The maximum Gasteiger partial charge on any atom is 0.338 e. The van der Waals surface area contributed by atoms with Gasteiger partial charge in [-0.2, -0.15) is 0 Å². The van der Waals surface area contributed by atoms with Gasteiger partial charge in [0.05, 0.1) is 29.0 Å². The number of methoxy groups -OCH3 is 1. The van der Waals surface area contributed by atoms with Crippen LogP contribution >= 0.6 is 11.3 Å². The minimum absolute atomic E-state index is 0.263. The van der Waals surface area contributed by atoms with Crippen molar-refractivity contribution in [2.24, 2.45) is 4.99 Å². The fraction of sp³-hybridized carbons (Fsp3) is 0.136. The molecular weight excluding hydrogens is 391 g/mol. The summed E-state index contributed by atoms with van der Waals surface area (Å²) in [5, 5.41) is 0. The predicted octanol–water partition coefficient (Wildman–Crippen LogP) is 2.55. The van der Waals surface area contributed by atoms with Gasteiger partial charge in [0, 0.05) is 0 Å². The number of carbonyl (C=O) groups excluding carboxylic acids is 1. The highest BCUT2D eigenvalue weighted by atomic mass is 32.1. The molecule has 3 aromatic rings. The van der Waals surface area contributed by atoms with E-state index in [9.17, 15) is 14.0 Å². The van der Waals surface area contributed by atoms with Gasteiger partial charge in [-0.25, -0.2) is 14.2 Å². The summed E-state index contributed by atoms with van der Waals surface area (Å²) in [6.07, 6.45) is 1.70. The summed E-state index contributed by atoms with van der Waals surface area (Å²) in [6, 6.07) is 14.6. The molecule has 0 radical (unpaired) electrons. The molecule has 0 fully saturated rings. The van der Waals surface area contributed by atoms with Gasteiger partial charge in [-0.05, 0) is 36.3 Å². The first-order chi connectivity index (χ1) is 14.0. The first-order valence-corrected chi connectivity index (χ1v) is 9.72. The first-order valence-electron chi connectivity index (χ1n) is 8.91. The molecule has 1 aliphatic rings. The second-order valence-electron chi connectivity index (χ2n) is 6.54. The van der Waals surface area contributed by atoms with E-state index in [1.807, 2.05) is 30.3 Å². The third-order valence-corrected chi connectivity index (χ3v) is 5.69. The van der Waals surface area contributed by atoms with Crippen molar-refractivity contribution < 1.29 is 13.9 Å². The number of carbonyl (C=O) groups is 1. The fourth-order valence-corrected chi connectivity index (χ4v) is 4.40. The third-order valence-electron chi connectivity index (χ3n) is 4.71. The molecule has 29 heavy (non-hydrogen) atoms. The number of thiazole rings is 1. The van der Waals surface area contributed by atoms with E-state index in [0.29, 0.717) is 26.2 Å². The molecule has 2 heterocycles. The van der Waals surface area contributed by atoms with Crippen LogP contribution in [0.1, 0.15) is 24.1 Å². The molecule has 0 saturated carbocycles. The highest BCUT2D eigenvalue weighted by Crippen LogP contribution is 2.30. The summed E-state index contributed by atoms with van der Waals surface area (Å²) in [4.78, 5) is 30.8. The highest BCUT2D eigenvalue weighted by molar-refractivity contribution is 7.07. The van der Waals surface area contributed by atoms with Gasteiger partial charge in [0.15, 0.2) is 4.80 Å². The predicted molar refractivity (Wildman–Crippen MR) is 109 cm³/mol. The van der Waals surface area contributed by atoms with Crippen LogP contribution in [-0.4, -0.2) is 17.6 Å². The van der Waals surface area contributed by atoms with Crippen molar-refractivity contribution in [2.45, 2.75) is 13.0 Å². The van der Waals surface area contributed by atoms with Crippen LogP contribution in [0.15, 0.2) is 75.7 Å². The van der Waals surface area contributed by atoms with E-state index in [2.05, 4.69) is 4.99 Å². The largest absolute Gasteiger partial charge is 0.466 e. The minimum atomic E-state index is -0.629. The Labute approximate surface area is 169 Å². The number of hydrogen-bond acceptors (Lipinski definition) is 5. The van der Waals surface area contributed by atoms with Crippen molar-refractivity contribution in [3.63, 3.8) is 0 Å². The Morgan fingerprint density at radius 2 is 1.86 bits per heavy atom. The monoisotopic (exact) mass is 408 g/mol. The Morgan fingerprint density at radius 3 is 2.52 bits per heavy atom. The van der Waals surface area contributed by atoms with Gasteiger partial charge in [0.2, 0.25) is 0 Å². The van der Waals surface area contributed by atoms with E-state index in [0.717, 1.165) is 5.56 Å². The van der Waals surface area contributed by atoms with Crippen molar-refractivity contribution >= 4 is 23.4 Å². The van der Waals surface area contributed by atoms with Crippen molar-refractivity contribution in [2.75, 3.05) is 7.11 Å². The molecule has 0 unspecified atom stereocenters. The number of ether oxygens (including phenoxy) is 1. The molecule has 0 saturated heterocycles. The summed E-state index contributed by atoms with van der Waals surface area (Å²) in [7, 11) is 1.31. The summed E-state index contributed by atoms with van der Waals surface area (Å²) in [5.41, 5.74) is 2.08. The number of benzene rings is 2. The van der Waals surface area contributed by atoms with Crippen molar-refractivity contribution in [3.8, 4) is 0 Å². The molecule has 0 N–H and O–H groups in total. The molecule has 0 amide bonds. The summed E-state index contributed by atoms with van der Waals surface area (Å²) < 4.78 is 20.1. The van der Waals surface area contributed by atoms with Crippen LogP contribution < -0.4 is 14.9 Å². The number of esters is 1. The summed E-state index contributed by atoms with van der Waals surface area (Å²) >= 11 is 1.23. The molecule has 0 aliphatic carbocycles. The Hall–Kier alpha value is -3.32. The standard InChI is InChI=1S/C22H17FN2O3S/c1-13-18(21(27)28-2)19(15-6-4-3-5-7-15)25-20(26)17(29-22(25)24-13)12-14-8-10-16(23)11-9-14/h3-12,19H,1-2H3/b17-12+/t19-/m0/s1. The van der Waals surface area contributed by atoms with E-state index in [1.165, 1.54) is 35.1 Å². The third kappa shape index (κ3) is 3.45. The molecule has 1 aliphatic heterocycles. The lowest BCUT2D eigenvalue weighted by Gasteiger charge is -2.24. The lowest BCUT2D eigenvalue weighted by molar-refractivity contribution is -0.136. The zero-order valence-corrected chi connectivity index (χ0v) is 16.6. The number of hydrogen-bond donors (Lipinski definition) is 0.